The van der Waals surface area contributed by atoms with Crippen molar-refractivity contribution in [3.05, 3.63) is 29.8 Å². The maximum absolute atomic E-state index is 12.8. The first-order chi connectivity index (χ1) is 9.97. The SMILES string of the molecule is O=C(Nc1ccccc1C(F)(F)F)OCC1CNCCO1. The third-order valence-electron chi connectivity index (χ3n) is 2.87. The van der Waals surface area contributed by atoms with Crippen molar-refractivity contribution in [3.63, 3.8) is 0 Å². The molecule has 2 N–H and O–H groups in total. The highest BCUT2D eigenvalue weighted by Crippen LogP contribution is 2.34. The van der Waals surface area contributed by atoms with Crippen LogP contribution in [0, 0.1) is 0 Å². The number of ether oxygens (including phenoxy) is 2. The van der Waals surface area contributed by atoms with Crippen molar-refractivity contribution in [2.75, 3.05) is 31.6 Å². The van der Waals surface area contributed by atoms with Gasteiger partial charge in [-0.2, -0.15) is 13.2 Å². The zero-order valence-electron chi connectivity index (χ0n) is 11.1. The Balaban J connectivity index is 1.90. The maximum atomic E-state index is 12.8. The van der Waals surface area contributed by atoms with Gasteiger partial charge in [0.25, 0.3) is 0 Å². The first kappa shape index (κ1) is 15.6. The van der Waals surface area contributed by atoms with Gasteiger partial charge in [-0.1, -0.05) is 12.1 Å². The standard InChI is InChI=1S/C13H15F3N2O3/c14-13(15,16)10-3-1-2-4-11(10)18-12(19)21-8-9-7-17-5-6-20-9/h1-4,9,17H,5-8H2,(H,18,19). The average molecular weight is 304 g/mol. The molecule has 0 radical (unpaired) electrons. The molecule has 0 aliphatic carbocycles. The molecule has 8 heteroatoms. The molecule has 2 rings (SSSR count). The Morgan fingerprint density at radius 1 is 1.43 bits per heavy atom. The highest BCUT2D eigenvalue weighted by molar-refractivity contribution is 5.85. The number of nitrogens with one attached hydrogen (secondary N) is 2. The lowest BCUT2D eigenvalue weighted by Crippen LogP contribution is -2.41. The summed E-state index contributed by atoms with van der Waals surface area (Å²) in [5.41, 5.74) is -1.25. The largest absolute Gasteiger partial charge is 0.446 e. The molecule has 1 aliphatic rings. The summed E-state index contributed by atoms with van der Waals surface area (Å²) >= 11 is 0. The summed E-state index contributed by atoms with van der Waals surface area (Å²) in [6, 6.07) is 4.71. The van der Waals surface area contributed by atoms with Crippen molar-refractivity contribution >= 4 is 11.8 Å². The zero-order valence-corrected chi connectivity index (χ0v) is 11.1. The van der Waals surface area contributed by atoms with Crippen LogP contribution >= 0.6 is 0 Å². The lowest BCUT2D eigenvalue weighted by Gasteiger charge is -2.23. The van der Waals surface area contributed by atoms with Crippen LogP contribution in [0.25, 0.3) is 0 Å². The van der Waals surface area contributed by atoms with Crippen LogP contribution in [0.2, 0.25) is 0 Å². The van der Waals surface area contributed by atoms with Crippen LogP contribution in [0.1, 0.15) is 5.56 Å². The van der Waals surface area contributed by atoms with E-state index in [4.69, 9.17) is 9.47 Å². The number of morpholine rings is 1. The molecule has 21 heavy (non-hydrogen) atoms. The number of alkyl halides is 3. The monoisotopic (exact) mass is 304 g/mol. The normalized spacial score (nSPS) is 19.1. The quantitative estimate of drug-likeness (QED) is 0.899. The van der Waals surface area contributed by atoms with Crippen LogP contribution in [0.5, 0.6) is 0 Å². The smallest absolute Gasteiger partial charge is 0.418 e. The number of carbonyl (C=O) groups excluding carboxylic acids is 1. The molecule has 5 nitrogen and oxygen atoms in total. The lowest BCUT2D eigenvalue weighted by atomic mass is 10.2. The molecule has 0 saturated carbocycles. The van der Waals surface area contributed by atoms with Gasteiger partial charge in [-0.3, -0.25) is 5.32 Å². The maximum Gasteiger partial charge on any atom is 0.418 e. The Labute approximate surface area is 119 Å². The van der Waals surface area contributed by atoms with E-state index in [1.165, 1.54) is 18.2 Å². The van der Waals surface area contributed by atoms with Gasteiger partial charge >= 0.3 is 12.3 Å². The third-order valence-corrected chi connectivity index (χ3v) is 2.87. The Morgan fingerprint density at radius 2 is 2.19 bits per heavy atom. The van der Waals surface area contributed by atoms with Gasteiger partial charge in [0.15, 0.2) is 0 Å². The molecular formula is C13H15F3N2O3. The average Bonchev–Trinajstić information content (AvgIpc) is 2.46. The number of hydrogen-bond donors (Lipinski definition) is 2. The van der Waals surface area contributed by atoms with Gasteiger partial charge < -0.3 is 14.8 Å². The molecule has 1 aliphatic heterocycles. The molecule has 1 unspecified atom stereocenters. The van der Waals surface area contributed by atoms with Crippen LogP contribution in [-0.2, 0) is 15.7 Å². The van der Waals surface area contributed by atoms with Gasteiger partial charge in [-0.15, -0.1) is 0 Å². The second-order valence-electron chi connectivity index (χ2n) is 4.46. The lowest BCUT2D eigenvalue weighted by molar-refractivity contribution is -0.136. The van der Waals surface area contributed by atoms with Crippen LogP contribution in [0.3, 0.4) is 0 Å². The van der Waals surface area contributed by atoms with Gasteiger partial charge in [0.05, 0.1) is 17.9 Å². The van der Waals surface area contributed by atoms with Crippen molar-refractivity contribution in [2.24, 2.45) is 0 Å². The number of carbonyl (C=O) groups is 1. The second kappa shape index (κ2) is 6.77. The van der Waals surface area contributed by atoms with Gasteiger partial charge in [0.2, 0.25) is 0 Å². The molecule has 0 aromatic heterocycles. The van der Waals surface area contributed by atoms with Crippen molar-refractivity contribution in [1.82, 2.24) is 5.32 Å². The van der Waals surface area contributed by atoms with Gasteiger partial charge in [-0.05, 0) is 12.1 Å². The minimum atomic E-state index is -4.54. The number of halogens is 3. The first-order valence-electron chi connectivity index (χ1n) is 6.39. The summed E-state index contributed by atoms with van der Waals surface area (Å²) < 4.78 is 48.4. The van der Waals surface area contributed by atoms with Crippen molar-refractivity contribution in [2.45, 2.75) is 12.3 Å². The summed E-state index contributed by atoms with van der Waals surface area (Å²) in [6.45, 7) is 1.74. The van der Waals surface area contributed by atoms with E-state index in [-0.39, 0.29) is 18.4 Å². The topological polar surface area (TPSA) is 59.6 Å². The molecule has 1 fully saturated rings. The molecule has 1 aromatic carbocycles. The predicted octanol–water partition coefficient (Wildman–Crippen LogP) is 2.24. The van der Waals surface area contributed by atoms with Crippen molar-refractivity contribution in [3.8, 4) is 0 Å². The van der Waals surface area contributed by atoms with Crippen molar-refractivity contribution in [1.29, 1.82) is 0 Å². The number of hydrogen-bond acceptors (Lipinski definition) is 4. The molecule has 1 saturated heterocycles. The molecule has 116 valence electrons. The Hall–Kier alpha value is -1.80. The van der Waals surface area contributed by atoms with Crippen LogP contribution in [0.4, 0.5) is 23.7 Å². The zero-order chi connectivity index (χ0) is 15.3. The highest BCUT2D eigenvalue weighted by atomic mass is 19.4. The molecule has 1 atom stereocenters. The summed E-state index contributed by atoms with van der Waals surface area (Å²) in [7, 11) is 0. The number of rotatable bonds is 3. The van der Waals surface area contributed by atoms with Crippen LogP contribution in [0.15, 0.2) is 24.3 Å². The Bertz CT molecular complexity index is 488. The third kappa shape index (κ3) is 4.61. The molecule has 1 aromatic rings. The van der Waals surface area contributed by atoms with E-state index in [0.717, 1.165) is 12.6 Å². The summed E-state index contributed by atoms with van der Waals surface area (Å²) in [6.07, 6.45) is -5.77. The van der Waals surface area contributed by atoms with E-state index in [9.17, 15) is 18.0 Å². The number of amides is 1. The molecule has 0 bridgehead atoms. The summed E-state index contributed by atoms with van der Waals surface area (Å²) in [5.74, 6) is 0. The van der Waals surface area contributed by atoms with E-state index in [1.54, 1.807) is 0 Å². The predicted molar refractivity (Wildman–Crippen MR) is 69.0 cm³/mol. The fourth-order valence-electron chi connectivity index (χ4n) is 1.88. The van der Waals surface area contributed by atoms with Gasteiger partial charge in [0, 0.05) is 13.1 Å². The fraction of sp³-hybridized carbons (Fsp3) is 0.462. The highest BCUT2D eigenvalue weighted by Gasteiger charge is 2.33. The van der Waals surface area contributed by atoms with E-state index in [0.29, 0.717) is 13.2 Å². The van der Waals surface area contributed by atoms with E-state index in [2.05, 4.69) is 10.6 Å². The molecule has 1 amide bonds. The van der Waals surface area contributed by atoms with E-state index < -0.39 is 17.8 Å². The minimum Gasteiger partial charge on any atom is -0.446 e. The fourth-order valence-corrected chi connectivity index (χ4v) is 1.88. The van der Waals surface area contributed by atoms with Crippen molar-refractivity contribution < 1.29 is 27.4 Å². The Kier molecular flexibility index (Phi) is 5.03. The second-order valence-corrected chi connectivity index (χ2v) is 4.46. The van der Waals surface area contributed by atoms with E-state index >= 15 is 0 Å². The molecular weight excluding hydrogens is 289 g/mol. The van der Waals surface area contributed by atoms with E-state index in [1.807, 2.05) is 0 Å². The summed E-state index contributed by atoms with van der Waals surface area (Å²) in [4.78, 5) is 11.6. The van der Waals surface area contributed by atoms with Crippen LogP contribution < -0.4 is 10.6 Å². The van der Waals surface area contributed by atoms with Gasteiger partial charge in [0.1, 0.15) is 12.7 Å². The Morgan fingerprint density at radius 3 is 2.86 bits per heavy atom. The molecule has 0 spiro atoms. The van der Waals surface area contributed by atoms with Gasteiger partial charge in [-0.25, -0.2) is 4.79 Å². The minimum absolute atomic E-state index is 0.0208. The van der Waals surface area contributed by atoms with Crippen LogP contribution in [-0.4, -0.2) is 38.5 Å². The first-order valence-corrected chi connectivity index (χ1v) is 6.39. The summed E-state index contributed by atoms with van der Waals surface area (Å²) in [5, 5.41) is 5.15. The molecule has 1 heterocycles. The number of anilines is 1. The number of para-hydroxylation sites is 1. The number of benzene rings is 1.